The molecule has 8 nitrogen and oxygen atoms in total. The predicted molar refractivity (Wildman–Crippen MR) is 61.5 cm³/mol. The molecule has 0 spiro atoms. The zero-order valence-electron chi connectivity index (χ0n) is 8.99. The summed E-state index contributed by atoms with van der Waals surface area (Å²) >= 11 is 0. The Kier molecular flexibility index (Phi) is 2.68. The van der Waals surface area contributed by atoms with E-state index in [1.165, 1.54) is 24.3 Å². The van der Waals surface area contributed by atoms with Crippen LogP contribution in [-0.4, -0.2) is 16.0 Å². The van der Waals surface area contributed by atoms with E-state index in [2.05, 4.69) is 9.68 Å². The number of nitro benzene ring substituents is 1. The number of aromatic nitrogens is 1. The minimum absolute atomic E-state index is 0.0868. The average Bonchev–Trinajstić information content (AvgIpc) is 2.71. The molecule has 0 aliphatic rings. The monoisotopic (exact) mass is 248 g/mol. The van der Waals surface area contributed by atoms with Crippen LogP contribution in [0.25, 0.3) is 11.3 Å². The Morgan fingerprint density at radius 1 is 1.44 bits per heavy atom. The van der Waals surface area contributed by atoms with Crippen molar-refractivity contribution in [3.63, 3.8) is 0 Å². The largest absolute Gasteiger partial charge is 0.367 e. The van der Waals surface area contributed by atoms with Crippen molar-refractivity contribution >= 4 is 17.5 Å². The summed E-state index contributed by atoms with van der Waals surface area (Å²) in [4.78, 5) is 21.3. The number of nitrogens with two attached hydrogens (primary N) is 2. The number of amides is 1. The molecular weight excluding hydrogens is 240 g/mol. The zero-order valence-corrected chi connectivity index (χ0v) is 8.99. The highest BCUT2D eigenvalue weighted by Gasteiger charge is 2.21. The van der Waals surface area contributed by atoms with Crippen molar-refractivity contribution in [1.29, 1.82) is 0 Å². The van der Waals surface area contributed by atoms with Crippen molar-refractivity contribution < 1.29 is 14.2 Å². The van der Waals surface area contributed by atoms with Gasteiger partial charge in [-0.25, -0.2) is 0 Å². The summed E-state index contributed by atoms with van der Waals surface area (Å²) in [6.45, 7) is 0. The van der Waals surface area contributed by atoms with Crippen LogP contribution >= 0.6 is 0 Å². The Hall–Kier alpha value is -2.90. The fourth-order valence-electron chi connectivity index (χ4n) is 1.50. The maximum absolute atomic E-state index is 11.2. The molecule has 1 aromatic heterocycles. The number of carbonyl (C=O) groups is 1. The predicted octanol–water partition coefficient (Wildman–Crippen LogP) is 0.931. The summed E-state index contributed by atoms with van der Waals surface area (Å²) in [5.41, 5.74) is 10.8. The maximum atomic E-state index is 11.2. The molecule has 4 N–H and O–H groups in total. The van der Waals surface area contributed by atoms with Crippen LogP contribution < -0.4 is 11.5 Å². The van der Waals surface area contributed by atoms with Crippen molar-refractivity contribution in [2.75, 3.05) is 5.73 Å². The van der Waals surface area contributed by atoms with Crippen LogP contribution in [-0.2, 0) is 0 Å². The second kappa shape index (κ2) is 4.17. The van der Waals surface area contributed by atoms with Gasteiger partial charge in [0.2, 0.25) is 5.88 Å². The van der Waals surface area contributed by atoms with Gasteiger partial charge in [0, 0.05) is 17.7 Å². The Morgan fingerprint density at radius 2 is 2.17 bits per heavy atom. The van der Waals surface area contributed by atoms with Gasteiger partial charge in [-0.05, 0) is 0 Å². The Bertz CT molecular complexity index is 635. The number of non-ortho nitro benzene ring substituents is 1. The lowest BCUT2D eigenvalue weighted by Crippen LogP contribution is -2.13. The van der Waals surface area contributed by atoms with Crippen LogP contribution in [0.3, 0.4) is 0 Å². The van der Waals surface area contributed by atoms with Gasteiger partial charge in [-0.1, -0.05) is 17.3 Å². The lowest BCUT2D eigenvalue weighted by atomic mass is 10.1. The number of primary amides is 1. The summed E-state index contributed by atoms with van der Waals surface area (Å²) in [7, 11) is 0. The van der Waals surface area contributed by atoms with Gasteiger partial charge in [-0.2, -0.15) is 0 Å². The first-order valence-corrected chi connectivity index (χ1v) is 4.80. The molecule has 0 saturated heterocycles. The van der Waals surface area contributed by atoms with E-state index in [9.17, 15) is 14.9 Å². The fraction of sp³-hybridized carbons (Fsp3) is 0. The molecule has 0 unspecified atom stereocenters. The summed E-state index contributed by atoms with van der Waals surface area (Å²) in [5.74, 6) is -1.03. The van der Waals surface area contributed by atoms with E-state index >= 15 is 0 Å². The molecule has 0 fully saturated rings. The average molecular weight is 248 g/mol. The SMILES string of the molecule is NC(=O)c1c(-c2cccc([N+](=O)[O-])c2)noc1N. The third kappa shape index (κ3) is 1.86. The Morgan fingerprint density at radius 3 is 2.78 bits per heavy atom. The normalized spacial score (nSPS) is 10.2. The van der Waals surface area contributed by atoms with E-state index in [1.807, 2.05) is 0 Å². The molecule has 0 saturated carbocycles. The molecule has 2 rings (SSSR count). The van der Waals surface area contributed by atoms with Gasteiger partial charge in [0.1, 0.15) is 11.3 Å². The lowest BCUT2D eigenvalue weighted by molar-refractivity contribution is -0.384. The second-order valence-corrected chi connectivity index (χ2v) is 3.44. The molecule has 0 aliphatic carbocycles. The topological polar surface area (TPSA) is 138 Å². The first-order chi connectivity index (χ1) is 8.50. The van der Waals surface area contributed by atoms with Crippen molar-refractivity contribution in [2.24, 2.45) is 5.73 Å². The van der Waals surface area contributed by atoms with Gasteiger partial charge >= 0.3 is 0 Å². The smallest absolute Gasteiger partial charge is 0.270 e. The van der Waals surface area contributed by atoms with Gasteiger partial charge in [0.25, 0.3) is 11.6 Å². The molecule has 1 amide bonds. The summed E-state index contributed by atoms with van der Waals surface area (Å²) in [6.07, 6.45) is 0. The molecule has 0 aliphatic heterocycles. The number of nitrogens with zero attached hydrogens (tertiary/aromatic N) is 2. The van der Waals surface area contributed by atoms with E-state index in [0.717, 1.165) is 0 Å². The molecule has 92 valence electrons. The lowest BCUT2D eigenvalue weighted by Gasteiger charge is -1.98. The standard InChI is InChI=1S/C10H8N4O4/c11-9(15)7-8(13-18-10(7)12)5-2-1-3-6(4-5)14(16)17/h1-4H,12H2,(H2,11,15). The zero-order chi connectivity index (χ0) is 13.3. The number of nitro groups is 1. The minimum atomic E-state index is -0.810. The highest BCUT2D eigenvalue weighted by Crippen LogP contribution is 2.28. The highest BCUT2D eigenvalue weighted by atomic mass is 16.6. The van der Waals surface area contributed by atoms with E-state index in [1.54, 1.807) is 0 Å². The van der Waals surface area contributed by atoms with Crippen molar-refractivity contribution in [3.8, 4) is 11.3 Å². The first-order valence-electron chi connectivity index (χ1n) is 4.80. The van der Waals surface area contributed by atoms with Gasteiger partial charge in [0.05, 0.1) is 4.92 Å². The second-order valence-electron chi connectivity index (χ2n) is 3.44. The van der Waals surface area contributed by atoms with E-state index in [0.29, 0.717) is 5.56 Å². The summed E-state index contributed by atoms with van der Waals surface area (Å²) in [5, 5.41) is 14.2. The van der Waals surface area contributed by atoms with Crippen molar-refractivity contribution in [2.45, 2.75) is 0 Å². The molecule has 8 heteroatoms. The Labute approximate surface area is 100 Å². The molecule has 0 radical (unpaired) electrons. The third-order valence-electron chi connectivity index (χ3n) is 2.30. The van der Waals surface area contributed by atoms with Gasteiger partial charge in [-0.15, -0.1) is 0 Å². The van der Waals surface area contributed by atoms with Crippen LogP contribution in [0.5, 0.6) is 0 Å². The van der Waals surface area contributed by atoms with Crippen LogP contribution in [0.15, 0.2) is 28.8 Å². The maximum Gasteiger partial charge on any atom is 0.270 e. The number of hydrogen-bond acceptors (Lipinski definition) is 6. The number of benzene rings is 1. The third-order valence-corrected chi connectivity index (χ3v) is 2.30. The number of nitrogen functional groups attached to an aromatic ring is 1. The summed E-state index contributed by atoms with van der Waals surface area (Å²) < 4.78 is 4.67. The van der Waals surface area contributed by atoms with Crippen LogP contribution in [0, 0.1) is 10.1 Å². The van der Waals surface area contributed by atoms with E-state index in [4.69, 9.17) is 11.5 Å². The van der Waals surface area contributed by atoms with E-state index < -0.39 is 10.8 Å². The fourth-order valence-corrected chi connectivity index (χ4v) is 1.50. The number of rotatable bonds is 3. The number of carbonyl (C=O) groups excluding carboxylic acids is 1. The van der Waals surface area contributed by atoms with Crippen LogP contribution in [0.1, 0.15) is 10.4 Å². The van der Waals surface area contributed by atoms with Crippen molar-refractivity contribution in [1.82, 2.24) is 5.16 Å². The molecule has 2 aromatic rings. The Balaban J connectivity index is 2.59. The molecule has 18 heavy (non-hydrogen) atoms. The van der Waals surface area contributed by atoms with Crippen molar-refractivity contribution in [3.05, 3.63) is 39.9 Å². The van der Waals surface area contributed by atoms with Crippen LogP contribution in [0.2, 0.25) is 0 Å². The molecule has 0 bridgehead atoms. The van der Waals surface area contributed by atoms with Gasteiger partial charge in [-0.3, -0.25) is 14.9 Å². The van der Waals surface area contributed by atoms with E-state index in [-0.39, 0.29) is 22.8 Å². The quantitative estimate of drug-likeness (QED) is 0.611. The van der Waals surface area contributed by atoms with Gasteiger partial charge in [0.15, 0.2) is 0 Å². The van der Waals surface area contributed by atoms with Crippen LogP contribution in [0.4, 0.5) is 11.6 Å². The molecule has 1 heterocycles. The minimum Gasteiger partial charge on any atom is -0.367 e. The molecular formula is C10H8N4O4. The first kappa shape index (κ1) is 11.6. The number of hydrogen-bond donors (Lipinski definition) is 2. The molecule has 0 atom stereocenters. The number of anilines is 1. The summed E-state index contributed by atoms with van der Waals surface area (Å²) in [6, 6.07) is 5.57. The molecule has 1 aromatic carbocycles. The van der Waals surface area contributed by atoms with Gasteiger partial charge < -0.3 is 16.0 Å². The highest BCUT2D eigenvalue weighted by molar-refractivity contribution is 6.02.